The first kappa shape index (κ1) is 12.8. The fourth-order valence-electron chi connectivity index (χ4n) is 2.57. The van der Waals surface area contributed by atoms with Crippen LogP contribution in [0.3, 0.4) is 0 Å². The van der Waals surface area contributed by atoms with E-state index in [1.165, 1.54) is 34.5 Å². The molecule has 0 saturated carbocycles. The average Bonchev–Trinajstić information content (AvgIpc) is 2.93. The molecule has 1 unspecified atom stereocenters. The van der Waals surface area contributed by atoms with Gasteiger partial charge in [-0.2, -0.15) is 0 Å². The Morgan fingerprint density at radius 3 is 2.89 bits per heavy atom. The first-order chi connectivity index (χ1) is 9.24. The summed E-state index contributed by atoms with van der Waals surface area (Å²) in [7, 11) is 0. The van der Waals surface area contributed by atoms with E-state index >= 15 is 0 Å². The molecule has 19 heavy (non-hydrogen) atoms. The molecular formula is C16H20N2S. The third-order valence-corrected chi connectivity index (χ3v) is 4.98. The van der Waals surface area contributed by atoms with Crippen LogP contribution in [0.15, 0.2) is 23.6 Å². The van der Waals surface area contributed by atoms with E-state index < -0.39 is 0 Å². The highest BCUT2D eigenvalue weighted by Crippen LogP contribution is 2.30. The number of thiazole rings is 1. The van der Waals surface area contributed by atoms with Gasteiger partial charge in [0.1, 0.15) is 0 Å². The second kappa shape index (κ2) is 5.43. The molecule has 0 amide bonds. The summed E-state index contributed by atoms with van der Waals surface area (Å²) >= 11 is 1.81. The number of hydrogen-bond donors (Lipinski definition) is 1. The molecule has 100 valence electrons. The van der Waals surface area contributed by atoms with Crippen LogP contribution in [-0.4, -0.2) is 18.1 Å². The lowest BCUT2D eigenvalue weighted by Crippen LogP contribution is -2.28. The van der Waals surface area contributed by atoms with Gasteiger partial charge in [-0.1, -0.05) is 12.1 Å². The molecule has 1 N–H and O–H groups in total. The number of nitrogens with one attached hydrogen (secondary N) is 1. The molecule has 0 spiro atoms. The van der Waals surface area contributed by atoms with Gasteiger partial charge in [0.25, 0.3) is 0 Å². The maximum Gasteiger partial charge on any atom is 0.0976 e. The van der Waals surface area contributed by atoms with E-state index in [4.69, 9.17) is 4.98 Å². The van der Waals surface area contributed by atoms with Crippen molar-refractivity contribution in [3.63, 3.8) is 0 Å². The third kappa shape index (κ3) is 2.72. The molecule has 0 aliphatic carbocycles. The molecule has 0 radical (unpaired) electrons. The number of rotatable bonds is 2. The zero-order valence-corrected chi connectivity index (χ0v) is 12.4. The van der Waals surface area contributed by atoms with Crippen LogP contribution in [0.1, 0.15) is 34.9 Å². The molecule has 2 heterocycles. The number of aryl methyl sites for hydroxylation is 2. The predicted molar refractivity (Wildman–Crippen MR) is 81.9 cm³/mol. The fourth-order valence-corrected chi connectivity index (χ4v) is 3.54. The predicted octanol–water partition coefficient (Wildman–Crippen LogP) is 3.89. The minimum absolute atomic E-state index is 0.610. The monoisotopic (exact) mass is 272 g/mol. The van der Waals surface area contributed by atoms with E-state index in [-0.39, 0.29) is 0 Å². The Balaban J connectivity index is 1.85. The fraction of sp³-hybridized carbons (Fsp3) is 0.438. The Morgan fingerprint density at radius 1 is 1.26 bits per heavy atom. The van der Waals surface area contributed by atoms with Crippen LogP contribution >= 0.6 is 11.3 Å². The smallest absolute Gasteiger partial charge is 0.0976 e. The van der Waals surface area contributed by atoms with Crippen LogP contribution < -0.4 is 5.32 Å². The SMILES string of the molecule is Cc1ccc(-c2csc(C3CCCNC3)n2)cc1C. The Bertz CT molecular complexity index is 568. The van der Waals surface area contributed by atoms with Gasteiger partial charge in [-0.05, 0) is 50.4 Å². The number of nitrogens with zero attached hydrogens (tertiary/aromatic N) is 1. The van der Waals surface area contributed by atoms with Gasteiger partial charge in [-0.3, -0.25) is 0 Å². The zero-order valence-electron chi connectivity index (χ0n) is 11.6. The second-order valence-corrected chi connectivity index (χ2v) is 6.30. The molecular weight excluding hydrogens is 252 g/mol. The van der Waals surface area contributed by atoms with Gasteiger partial charge in [0.05, 0.1) is 10.7 Å². The molecule has 1 aliphatic heterocycles. The third-order valence-electron chi connectivity index (χ3n) is 3.97. The van der Waals surface area contributed by atoms with Gasteiger partial charge in [0, 0.05) is 23.4 Å². The summed E-state index contributed by atoms with van der Waals surface area (Å²) in [6, 6.07) is 6.61. The van der Waals surface area contributed by atoms with Crippen molar-refractivity contribution in [2.45, 2.75) is 32.6 Å². The van der Waals surface area contributed by atoms with Crippen molar-refractivity contribution in [3.8, 4) is 11.3 Å². The highest BCUT2D eigenvalue weighted by Gasteiger charge is 2.18. The molecule has 1 aliphatic rings. The Labute approximate surface area is 118 Å². The topological polar surface area (TPSA) is 24.9 Å². The summed E-state index contributed by atoms with van der Waals surface area (Å²) in [5.41, 5.74) is 5.06. The molecule has 3 heteroatoms. The first-order valence-corrected chi connectivity index (χ1v) is 7.86. The normalized spacial score (nSPS) is 19.6. The van der Waals surface area contributed by atoms with Crippen molar-refractivity contribution >= 4 is 11.3 Å². The Kier molecular flexibility index (Phi) is 3.67. The van der Waals surface area contributed by atoms with E-state index in [1.54, 1.807) is 0 Å². The van der Waals surface area contributed by atoms with Crippen LogP contribution in [0, 0.1) is 13.8 Å². The number of hydrogen-bond acceptors (Lipinski definition) is 3. The minimum atomic E-state index is 0.610. The maximum atomic E-state index is 4.85. The summed E-state index contributed by atoms with van der Waals surface area (Å²) in [5, 5.41) is 6.96. The van der Waals surface area contributed by atoms with Gasteiger partial charge in [-0.15, -0.1) is 11.3 Å². The van der Waals surface area contributed by atoms with E-state index in [0.717, 1.165) is 18.8 Å². The highest BCUT2D eigenvalue weighted by molar-refractivity contribution is 7.10. The van der Waals surface area contributed by atoms with Crippen LogP contribution in [-0.2, 0) is 0 Å². The highest BCUT2D eigenvalue weighted by atomic mass is 32.1. The van der Waals surface area contributed by atoms with Crippen molar-refractivity contribution in [3.05, 3.63) is 39.7 Å². The van der Waals surface area contributed by atoms with E-state index in [0.29, 0.717) is 5.92 Å². The molecule has 2 nitrogen and oxygen atoms in total. The molecule has 1 aromatic carbocycles. The molecule has 1 atom stereocenters. The molecule has 1 saturated heterocycles. The van der Waals surface area contributed by atoms with Gasteiger partial charge in [0.2, 0.25) is 0 Å². The average molecular weight is 272 g/mol. The van der Waals surface area contributed by atoms with Gasteiger partial charge in [-0.25, -0.2) is 4.98 Å². The minimum Gasteiger partial charge on any atom is -0.316 e. The summed E-state index contributed by atoms with van der Waals surface area (Å²) in [6.07, 6.45) is 2.54. The second-order valence-electron chi connectivity index (χ2n) is 5.41. The number of benzene rings is 1. The van der Waals surface area contributed by atoms with Crippen molar-refractivity contribution < 1.29 is 0 Å². The van der Waals surface area contributed by atoms with Gasteiger partial charge >= 0.3 is 0 Å². The molecule has 1 aromatic heterocycles. The van der Waals surface area contributed by atoms with E-state index in [9.17, 15) is 0 Å². The van der Waals surface area contributed by atoms with Crippen LogP contribution in [0.5, 0.6) is 0 Å². The summed E-state index contributed by atoms with van der Waals surface area (Å²) in [6.45, 7) is 6.56. The zero-order chi connectivity index (χ0) is 13.2. The van der Waals surface area contributed by atoms with Gasteiger partial charge in [0.15, 0.2) is 0 Å². The Morgan fingerprint density at radius 2 is 2.16 bits per heavy atom. The number of piperidine rings is 1. The molecule has 1 fully saturated rings. The lowest BCUT2D eigenvalue weighted by atomic mass is 10.0. The first-order valence-electron chi connectivity index (χ1n) is 6.98. The van der Waals surface area contributed by atoms with Crippen LogP contribution in [0.4, 0.5) is 0 Å². The van der Waals surface area contributed by atoms with E-state index in [1.807, 2.05) is 11.3 Å². The van der Waals surface area contributed by atoms with Crippen LogP contribution in [0.2, 0.25) is 0 Å². The summed E-state index contributed by atoms with van der Waals surface area (Å²) in [4.78, 5) is 4.85. The maximum absolute atomic E-state index is 4.85. The largest absolute Gasteiger partial charge is 0.316 e. The Hall–Kier alpha value is -1.19. The van der Waals surface area contributed by atoms with Crippen molar-refractivity contribution in [2.24, 2.45) is 0 Å². The van der Waals surface area contributed by atoms with Crippen molar-refractivity contribution in [1.29, 1.82) is 0 Å². The van der Waals surface area contributed by atoms with Gasteiger partial charge < -0.3 is 5.32 Å². The molecule has 0 bridgehead atoms. The number of aromatic nitrogens is 1. The lowest BCUT2D eigenvalue weighted by molar-refractivity contribution is 0.460. The summed E-state index contributed by atoms with van der Waals surface area (Å²) in [5.74, 6) is 0.610. The summed E-state index contributed by atoms with van der Waals surface area (Å²) < 4.78 is 0. The quantitative estimate of drug-likeness (QED) is 0.897. The standard InChI is InChI=1S/C16H20N2S/c1-11-5-6-13(8-12(11)2)15-10-19-16(18-15)14-4-3-7-17-9-14/h5-6,8,10,14,17H,3-4,7,9H2,1-2H3. The van der Waals surface area contributed by atoms with E-state index in [2.05, 4.69) is 42.7 Å². The lowest BCUT2D eigenvalue weighted by Gasteiger charge is -2.20. The van der Waals surface area contributed by atoms with Crippen molar-refractivity contribution in [1.82, 2.24) is 10.3 Å². The van der Waals surface area contributed by atoms with Crippen LogP contribution in [0.25, 0.3) is 11.3 Å². The molecule has 2 aromatic rings. The van der Waals surface area contributed by atoms with Crippen molar-refractivity contribution in [2.75, 3.05) is 13.1 Å². The molecule has 3 rings (SSSR count).